The molecule has 1 fully saturated rings. The smallest absolute Gasteiger partial charge is 0.219 e. The number of anilines is 1. The number of nitrogens with zero attached hydrogens (tertiary/aromatic N) is 5. The average molecular weight is 407 g/mol. The number of rotatable bonds is 5. The molecule has 1 aromatic carbocycles. The van der Waals surface area contributed by atoms with Crippen molar-refractivity contribution < 1.29 is 4.79 Å². The molecule has 1 atom stereocenters. The Morgan fingerprint density at radius 2 is 2.03 bits per heavy atom. The second-order valence-electron chi connectivity index (χ2n) is 8.43. The van der Waals surface area contributed by atoms with Crippen LogP contribution in [0.4, 0.5) is 5.82 Å². The van der Waals surface area contributed by atoms with Crippen LogP contribution >= 0.6 is 0 Å². The lowest BCUT2D eigenvalue weighted by molar-refractivity contribution is -0.129. The first-order valence-electron chi connectivity index (χ1n) is 10.5. The topological polar surface area (TPSA) is 68.4 Å². The van der Waals surface area contributed by atoms with Crippen LogP contribution in [0.3, 0.4) is 0 Å². The summed E-state index contributed by atoms with van der Waals surface area (Å²) in [6.45, 7) is 5.91. The number of H-pyrrole nitrogens is 1. The third-order valence-corrected chi connectivity index (χ3v) is 5.82. The average Bonchev–Trinajstić information content (AvgIpc) is 3.09. The molecule has 1 N–H and O–H groups in total. The van der Waals surface area contributed by atoms with Crippen molar-refractivity contribution in [2.24, 2.45) is 5.92 Å². The van der Waals surface area contributed by atoms with Gasteiger partial charge >= 0.3 is 0 Å². The van der Waals surface area contributed by atoms with Gasteiger partial charge in [0.05, 0.1) is 0 Å². The van der Waals surface area contributed by atoms with E-state index in [2.05, 4.69) is 44.1 Å². The first-order chi connectivity index (χ1) is 14.5. The molecule has 0 aliphatic carbocycles. The highest BCUT2D eigenvalue weighted by Crippen LogP contribution is 2.20. The summed E-state index contributed by atoms with van der Waals surface area (Å²) in [4.78, 5) is 30.6. The fourth-order valence-corrected chi connectivity index (χ4v) is 4.23. The molecule has 7 nitrogen and oxygen atoms in total. The zero-order chi connectivity index (χ0) is 21.1. The van der Waals surface area contributed by atoms with Crippen LogP contribution in [0.1, 0.15) is 18.2 Å². The maximum atomic E-state index is 12.1. The summed E-state index contributed by atoms with van der Waals surface area (Å²) < 4.78 is 0. The molecule has 7 heteroatoms. The third-order valence-electron chi connectivity index (χ3n) is 5.82. The predicted octanol–water partition coefficient (Wildman–Crippen LogP) is 2.55. The molecule has 0 saturated carbocycles. The van der Waals surface area contributed by atoms with E-state index in [1.54, 1.807) is 13.3 Å². The highest BCUT2D eigenvalue weighted by atomic mass is 16.2. The minimum absolute atomic E-state index is 0.146. The lowest BCUT2D eigenvalue weighted by Gasteiger charge is -2.24. The van der Waals surface area contributed by atoms with Gasteiger partial charge in [-0.2, -0.15) is 0 Å². The number of benzene rings is 1. The fraction of sp³-hybridized carbons (Fsp3) is 0.435. The zero-order valence-corrected chi connectivity index (χ0v) is 18.0. The van der Waals surface area contributed by atoms with Crippen LogP contribution in [0.2, 0.25) is 0 Å². The Balaban J connectivity index is 1.50. The summed E-state index contributed by atoms with van der Waals surface area (Å²) >= 11 is 0. The van der Waals surface area contributed by atoms with Gasteiger partial charge in [-0.15, -0.1) is 0 Å². The SMILES string of the molecule is CC(=O)N1CCN(Cc2ccc3[nH]ccc3c2)C[C@@H](Cc2cc(N(C)C)ncn2)C1. The van der Waals surface area contributed by atoms with Gasteiger partial charge in [0, 0.05) is 77.2 Å². The molecule has 3 aromatic rings. The number of aromatic nitrogens is 3. The van der Waals surface area contributed by atoms with Crippen LogP contribution in [0, 0.1) is 5.92 Å². The van der Waals surface area contributed by atoms with Crippen molar-refractivity contribution in [1.82, 2.24) is 24.8 Å². The Morgan fingerprint density at radius 3 is 2.83 bits per heavy atom. The van der Waals surface area contributed by atoms with E-state index >= 15 is 0 Å². The van der Waals surface area contributed by atoms with Gasteiger partial charge in [-0.05, 0) is 41.5 Å². The van der Waals surface area contributed by atoms with E-state index < -0.39 is 0 Å². The number of fused-ring (bicyclic) bond motifs is 1. The minimum atomic E-state index is 0.146. The van der Waals surface area contributed by atoms with Crippen LogP contribution in [-0.2, 0) is 17.8 Å². The molecule has 1 saturated heterocycles. The summed E-state index contributed by atoms with van der Waals surface area (Å²) in [7, 11) is 3.97. The van der Waals surface area contributed by atoms with Crippen molar-refractivity contribution in [2.45, 2.75) is 19.9 Å². The van der Waals surface area contributed by atoms with Crippen molar-refractivity contribution in [2.75, 3.05) is 45.2 Å². The second-order valence-corrected chi connectivity index (χ2v) is 8.43. The van der Waals surface area contributed by atoms with Crippen LogP contribution in [0.15, 0.2) is 42.9 Å². The normalized spacial score (nSPS) is 17.8. The Bertz CT molecular complexity index is 1010. The van der Waals surface area contributed by atoms with Crippen LogP contribution in [-0.4, -0.2) is 70.9 Å². The van der Waals surface area contributed by atoms with Crippen LogP contribution < -0.4 is 4.90 Å². The molecule has 0 unspecified atom stereocenters. The van der Waals surface area contributed by atoms with Crippen molar-refractivity contribution in [3.05, 3.63) is 54.1 Å². The molecule has 0 radical (unpaired) electrons. The van der Waals surface area contributed by atoms with Crippen molar-refractivity contribution in [3.8, 4) is 0 Å². The van der Waals surface area contributed by atoms with Gasteiger partial charge in [0.2, 0.25) is 5.91 Å². The van der Waals surface area contributed by atoms with E-state index in [-0.39, 0.29) is 5.91 Å². The van der Waals surface area contributed by atoms with Crippen molar-refractivity contribution in [3.63, 3.8) is 0 Å². The Morgan fingerprint density at radius 1 is 1.17 bits per heavy atom. The maximum Gasteiger partial charge on any atom is 0.219 e. The van der Waals surface area contributed by atoms with Crippen molar-refractivity contribution >= 4 is 22.6 Å². The highest BCUT2D eigenvalue weighted by Gasteiger charge is 2.25. The monoisotopic (exact) mass is 406 g/mol. The number of carbonyl (C=O) groups excluding carboxylic acids is 1. The lowest BCUT2D eigenvalue weighted by atomic mass is 10.0. The van der Waals surface area contributed by atoms with Gasteiger partial charge in [-0.3, -0.25) is 9.69 Å². The second kappa shape index (κ2) is 8.83. The lowest BCUT2D eigenvalue weighted by Crippen LogP contribution is -2.34. The molecule has 1 aliphatic rings. The van der Waals surface area contributed by atoms with E-state index in [1.165, 1.54) is 10.9 Å². The molecule has 0 spiro atoms. The van der Waals surface area contributed by atoms with Gasteiger partial charge in [0.25, 0.3) is 0 Å². The largest absolute Gasteiger partial charge is 0.363 e. The number of carbonyl (C=O) groups is 1. The first-order valence-corrected chi connectivity index (χ1v) is 10.5. The molecule has 4 rings (SSSR count). The number of hydrogen-bond acceptors (Lipinski definition) is 5. The standard InChI is InChI=1S/C23H30N6O/c1-17(30)29-9-8-28(13-18-4-5-22-20(10-18)6-7-24-22)14-19(15-29)11-21-12-23(27(2)3)26-16-25-21/h4-7,10,12,16,19,24H,8-9,11,13-15H2,1-3H3/t19-/m1/s1. The molecule has 1 amide bonds. The first kappa shape index (κ1) is 20.3. The number of hydrogen-bond donors (Lipinski definition) is 1. The summed E-state index contributed by atoms with van der Waals surface area (Å²) in [5.74, 6) is 1.39. The number of aromatic amines is 1. The molecule has 2 aromatic heterocycles. The minimum Gasteiger partial charge on any atom is -0.363 e. The van der Waals surface area contributed by atoms with Crippen LogP contribution in [0.25, 0.3) is 10.9 Å². The molecule has 1 aliphatic heterocycles. The quantitative estimate of drug-likeness (QED) is 0.705. The van der Waals surface area contributed by atoms with E-state index in [0.29, 0.717) is 5.92 Å². The van der Waals surface area contributed by atoms with Gasteiger partial charge in [-0.1, -0.05) is 6.07 Å². The summed E-state index contributed by atoms with van der Waals surface area (Å²) in [5, 5.41) is 1.24. The molecule has 158 valence electrons. The fourth-order valence-electron chi connectivity index (χ4n) is 4.23. The molecular formula is C23H30N6O. The van der Waals surface area contributed by atoms with Gasteiger partial charge in [-0.25, -0.2) is 9.97 Å². The number of amides is 1. The molecular weight excluding hydrogens is 376 g/mol. The van der Waals surface area contributed by atoms with Gasteiger partial charge < -0.3 is 14.8 Å². The van der Waals surface area contributed by atoms with Crippen molar-refractivity contribution in [1.29, 1.82) is 0 Å². The molecule has 3 heterocycles. The summed E-state index contributed by atoms with van der Waals surface area (Å²) in [6, 6.07) is 10.7. The van der Waals surface area contributed by atoms with Gasteiger partial charge in [0.15, 0.2) is 0 Å². The summed E-state index contributed by atoms with van der Waals surface area (Å²) in [5.41, 5.74) is 3.49. The zero-order valence-electron chi connectivity index (χ0n) is 18.0. The van der Waals surface area contributed by atoms with Gasteiger partial charge in [0.1, 0.15) is 12.1 Å². The van der Waals surface area contributed by atoms with E-state index in [4.69, 9.17) is 0 Å². The third kappa shape index (κ3) is 4.79. The molecule has 30 heavy (non-hydrogen) atoms. The number of nitrogens with one attached hydrogen (secondary N) is 1. The highest BCUT2D eigenvalue weighted by molar-refractivity contribution is 5.79. The van der Waals surface area contributed by atoms with Crippen LogP contribution in [0.5, 0.6) is 0 Å². The Labute approximate surface area is 177 Å². The summed E-state index contributed by atoms with van der Waals surface area (Å²) in [6.07, 6.45) is 4.44. The maximum absolute atomic E-state index is 12.1. The molecule has 0 bridgehead atoms. The van der Waals surface area contributed by atoms with E-state index in [1.807, 2.05) is 36.2 Å². The van der Waals surface area contributed by atoms with E-state index in [0.717, 1.165) is 56.2 Å². The Kier molecular flexibility index (Phi) is 5.99. The van der Waals surface area contributed by atoms with E-state index in [9.17, 15) is 4.79 Å². The predicted molar refractivity (Wildman–Crippen MR) is 119 cm³/mol. The Hall–Kier alpha value is -2.93.